The highest BCUT2D eigenvalue weighted by Crippen LogP contribution is 2.13. The van der Waals surface area contributed by atoms with Gasteiger partial charge in [-0.15, -0.1) is 11.3 Å². The van der Waals surface area contributed by atoms with E-state index in [2.05, 4.69) is 45.6 Å². The molecular formula is C17H28N6OS. The van der Waals surface area contributed by atoms with Gasteiger partial charge in [-0.05, 0) is 5.92 Å². The summed E-state index contributed by atoms with van der Waals surface area (Å²) < 4.78 is 7.52. The van der Waals surface area contributed by atoms with Crippen molar-refractivity contribution in [2.45, 2.75) is 26.4 Å². The van der Waals surface area contributed by atoms with Crippen LogP contribution in [-0.4, -0.2) is 66.2 Å². The number of hydrogen-bond acceptors (Lipinski definition) is 5. The zero-order chi connectivity index (χ0) is 17.6. The van der Waals surface area contributed by atoms with Gasteiger partial charge in [-0.1, -0.05) is 13.8 Å². The first-order chi connectivity index (χ1) is 12.2. The number of guanidine groups is 1. The molecule has 0 amide bonds. The topological polar surface area (TPSA) is 66.2 Å². The summed E-state index contributed by atoms with van der Waals surface area (Å²) in [7, 11) is 1.81. The molecule has 0 spiro atoms. The molecule has 138 valence electrons. The highest BCUT2D eigenvalue weighted by atomic mass is 32.1. The Morgan fingerprint density at radius 2 is 2.16 bits per heavy atom. The van der Waals surface area contributed by atoms with E-state index in [0.717, 1.165) is 49.5 Å². The molecule has 1 saturated heterocycles. The Kier molecular flexibility index (Phi) is 6.28. The summed E-state index contributed by atoms with van der Waals surface area (Å²) in [5.74, 6) is 1.39. The second-order valence-corrected chi connectivity index (χ2v) is 7.46. The van der Waals surface area contributed by atoms with Gasteiger partial charge in [-0.3, -0.25) is 14.3 Å². The van der Waals surface area contributed by atoms with Gasteiger partial charge in [-0.2, -0.15) is 0 Å². The van der Waals surface area contributed by atoms with Crippen molar-refractivity contribution in [1.82, 2.24) is 24.9 Å². The fraction of sp³-hybridized carbons (Fsp3) is 0.647. The molecule has 8 heteroatoms. The third-order valence-electron chi connectivity index (χ3n) is 4.57. The second-order valence-electron chi connectivity index (χ2n) is 6.59. The fourth-order valence-corrected chi connectivity index (χ4v) is 3.87. The summed E-state index contributed by atoms with van der Waals surface area (Å²) >= 11 is 1.64. The maximum Gasteiger partial charge on any atom is 0.193 e. The third-order valence-corrected chi connectivity index (χ3v) is 5.34. The van der Waals surface area contributed by atoms with Crippen LogP contribution in [0.5, 0.6) is 0 Å². The lowest BCUT2D eigenvalue weighted by atomic mass is 10.0. The number of nitrogens with zero attached hydrogens (tertiary/aromatic N) is 4. The normalized spacial score (nSPS) is 18.0. The molecule has 0 saturated carbocycles. The molecule has 1 atom stereocenters. The van der Waals surface area contributed by atoms with Gasteiger partial charge in [0.15, 0.2) is 10.9 Å². The van der Waals surface area contributed by atoms with E-state index in [1.807, 2.05) is 16.0 Å². The van der Waals surface area contributed by atoms with Crippen LogP contribution in [0.25, 0.3) is 4.96 Å². The van der Waals surface area contributed by atoms with Gasteiger partial charge in [-0.25, -0.2) is 4.98 Å². The Bertz CT molecular complexity index is 660. The number of fused-ring (bicyclic) bond motifs is 1. The lowest BCUT2D eigenvalue weighted by Crippen LogP contribution is -2.52. The van der Waals surface area contributed by atoms with E-state index in [-0.39, 0.29) is 0 Å². The van der Waals surface area contributed by atoms with E-state index in [0.29, 0.717) is 18.5 Å². The van der Waals surface area contributed by atoms with Crippen LogP contribution < -0.4 is 10.6 Å². The maximum atomic E-state index is 5.48. The molecule has 0 radical (unpaired) electrons. The molecule has 1 aliphatic heterocycles. The maximum absolute atomic E-state index is 5.48. The van der Waals surface area contributed by atoms with Crippen LogP contribution in [0.15, 0.2) is 22.8 Å². The van der Waals surface area contributed by atoms with Gasteiger partial charge in [0.1, 0.15) is 0 Å². The highest BCUT2D eigenvalue weighted by Gasteiger charge is 2.23. The first kappa shape index (κ1) is 18.2. The number of nitrogens with one attached hydrogen (secondary N) is 2. The fourth-order valence-electron chi connectivity index (χ4n) is 3.15. The molecule has 3 rings (SSSR count). The molecular weight excluding hydrogens is 336 g/mol. The predicted octanol–water partition coefficient (Wildman–Crippen LogP) is 1.42. The van der Waals surface area contributed by atoms with Gasteiger partial charge in [0.2, 0.25) is 0 Å². The van der Waals surface area contributed by atoms with Crippen LogP contribution in [0.4, 0.5) is 0 Å². The van der Waals surface area contributed by atoms with Gasteiger partial charge in [0, 0.05) is 50.5 Å². The number of ether oxygens (including phenoxy) is 1. The van der Waals surface area contributed by atoms with E-state index in [4.69, 9.17) is 4.74 Å². The van der Waals surface area contributed by atoms with Crippen LogP contribution in [0.1, 0.15) is 19.5 Å². The van der Waals surface area contributed by atoms with Crippen LogP contribution in [0.2, 0.25) is 0 Å². The Balaban J connectivity index is 1.51. The van der Waals surface area contributed by atoms with Crippen LogP contribution in [0, 0.1) is 5.92 Å². The Labute approximate surface area is 153 Å². The monoisotopic (exact) mass is 364 g/mol. The number of aliphatic imine (C=N–C) groups is 1. The van der Waals surface area contributed by atoms with E-state index < -0.39 is 0 Å². The van der Waals surface area contributed by atoms with E-state index in [9.17, 15) is 0 Å². The molecule has 1 aliphatic rings. The van der Waals surface area contributed by atoms with Crippen LogP contribution in [-0.2, 0) is 11.3 Å². The molecule has 1 fully saturated rings. The van der Waals surface area contributed by atoms with E-state index in [1.54, 1.807) is 18.4 Å². The van der Waals surface area contributed by atoms with Crippen molar-refractivity contribution >= 4 is 22.3 Å². The first-order valence-electron chi connectivity index (χ1n) is 8.84. The van der Waals surface area contributed by atoms with Crippen molar-refractivity contribution in [3.8, 4) is 0 Å². The summed E-state index contributed by atoms with van der Waals surface area (Å²) in [4.78, 5) is 12.5. The van der Waals surface area contributed by atoms with Crippen molar-refractivity contribution in [3.63, 3.8) is 0 Å². The number of thiazole rings is 1. The number of morpholine rings is 1. The standard InChI is InChI=1S/C17H28N6OS/c1-13(2)15(22-4-7-24-8-5-22)11-20-16(18-3)19-10-14-12-23-6-9-25-17(23)21-14/h6,9,12-13,15H,4-5,7-8,10-11H2,1-3H3,(H2,18,19,20). The molecule has 0 aromatic carbocycles. The Morgan fingerprint density at radius 1 is 1.36 bits per heavy atom. The number of imidazole rings is 1. The van der Waals surface area contributed by atoms with Gasteiger partial charge >= 0.3 is 0 Å². The molecule has 2 aromatic rings. The Hall–Kier alpha value is -1.64. The average molecular weight is 365 g/mol. The minimum atomic E-state index is 0.473. The van der Waals surface area contributed by atoms with Crippen molar-refractivity contribution < 1.29 is 4.74 Å². The smallest absolute Gasteiger partial charge is 0.193 e. The summed E-state index contributed by atoms with van der Waals surface area (Å²) in [6.45, 7) is 9.74. The van der Waals surface area contributed by atoms with Crippen LogP contribution >= 0.6 is 11.3 Å². The molecule has 3 heterocycles. The van der Waals surface area contributed by atoms with Crippen LogP contribution in [0.3, 0.4) is 0 Å². The number of hydrogen-bond donors (Lipinski definition) is 2. The zero-order valence-corrected chi connectivity index (χ0v) is 16.1. The third kappa shape index (κ3) is 4.71. The lowest BCUT2D eigenvalue weighted by molar-refractivity contribution is 0.00752. The SMILES string of the molecule is CN=C(NCc1cn2ccsc2n1)NCC(C(C)C)N1CCOCC1. The van der Waals surface area contributed by atoms with Crippen molar-refractivity contribution in [3.05, 3.63) is 23.5 Å². The van der Waals surface area contributed by atoms with Crippen molar-refractivity contribution in [2.75, 3.05) is 39.9 Å². The average Bonchev–Trinajstić information content (AvgIpc) is 3.20. The molecule has 7 nitrogen and oxygen atoms in total. The Morgan fingerprint density at radius 3 is 2.84 bits per heavy atom. The van der Waals surface area contributed by atoms with E-state index in [1.165, 1.54) is 0 Å². The molecule has 0 bridgehead atoms. The second kappa shape index (κ2) is 8.64. The van der Waals surface area contributed by atoms with Gasteiger partial charge in [0.25, 0.3) is 0 Å². The molecule has 2 N–H and O–H groups in total. The van der Waals surface area contributed by atoms with Crippen molar-refractivity contribution in [1.29, 1.82) is 0 Å². The molecule has 25 heavy (non-hydrogen) atoms. The number of aromatic nitrogens is 2. The number of rotatable bonds is 6. The first-order valence-corrected chi connectivity index (χ1v) is 9.72. The van der Waals surface area contributed by atoms with Crippen molar-refractivity contribution in [2.24, 2.45) is 10.9 Å². The predicted molar refractivity (Wildman–Crippen MR) is 102 cm³/mol. The molecule has 1 unspecified atom stereocenters. The molecule has 2 aromatic heterocycles. The lowest BCUT2D eigenvalue weighted by Gasteiger charge is -2.37. The highest BCUT2D eigenvalue weighted by molar-refractivity contribution is 7.15. The van der Waals surface area contributed by atoms with Gasteiger partial charge in [0.05, 0.1) is 25.5 Å². The summed E-state index contributed by atoms with van der Waals surface area (Å²) in [6.07, 6.45) is 4.08. The summed E-state index contributed by atoms with van der Waals surface area (Å²) in [6, 6.07) is 0.473. The minimum Gasteiger partial charge on any atom is -0.379 e. The largest absolute Gasteiger partial charge is 0.379 e. The van der Waals surface area contributed by atoms with E-state index >= 15 is 0 Å². The summed E-state index contributed by atoms with van der Waals surface area (Å²) in [5.41, 5.74) is 1.02. The molecule has 0 aliphatic carbocycles. The quantitative estimate of drug-likeness (QED) is 0.599. The van der Waals surface area contributed by atoms with Gasteiger partial charge < -0.3 is 15.4 Å². The minimum absolute atomic E-state index is 0.473. The zero-order valence-electron chi connectivity index (χ0n) is 15.2. The summed E-state index contributed by atoms with van der Waals surface area (Å²) in [5, 5.41) is 8.87.